The summed E-state index contributed by atoms with van der Waals surface area (Å²) in [5.74, 6) is 0.995. The van der Waals surface area contributed by atoms with Gasteiger partial charge in [0.15, 0.2) is 16.9 Å². The summed E-state index contributed by atoms with van der Waals surface area (Å²) in [6.07, 6.45) is 1.51. The lowest BCUT2D eigenvalue weighted by Crippen LogP contribution is -2.07. The number of furan rings is 1. The first-order chi connectivity index (χ1) is 13.1. The van der Waals surface area contributed by atoms with E-state index in [2.05, 4.69) is 20.3 Å². The number of ether oxygens (including phenoxy) is 1. The Balaban J connectivity index is 1.82. The molecule has 0 saturated carbocycles. The highest BCUT2D eigenvalue weighted by Gasteiger charge is 2.19. The summed E-state index contributed by atoms with van der Waals surface area (Å²) in [6, 6.07) is 7.77. The Morgan fingerprint density at radius 1 is 1.33 bits per heavy atom. The smallest absolute Gasteiger partial charge is 0.270 e. The van der Waals surface area contributed by atoms with Crippen molar-refractivity contribution < 1.29 is 14.1 Å². The van der Waals surface area contributed by atoms with Gasteiger partial charge in [-0.25, -0.2) is 9.67 Å². The van der Waals surface area contributed by atoms with Crippen molar-refractivity contribution in [1.82, 2.24) is 25.0 Å². The summed E-state index contributed by atoms with van der Waals surface area (Å²) in [5, 5.41) is 19.3. The van der Waals surface area contributed by atoms with E-state index in [0.29, 0.717) is 33.9 Å². The molecule has 11 nitrogen and oxygen atoms in total. The molecule has 0 aliphatic rings. The lowest BCUT2D eigenvalue weighted by atomic mass is 10.1. The van der Waals surface area contributed by atoms with Gasteiger partial charge in [0.25, 0.3) is 5.69 Å². The number of anilines is 1. The number of methoxy groups -OCH3 is 1. The zero-order valence-corrected chi connectivity index (χ0v) is 14.1. The third-order valence-electron chi connectivity index (χ3n) is 3.93. The van der Waals surface area contributed by atoms with Crippen LogP contribution in [-0.2, 0) is 6.54 Å². The number of nitro groups is 1. The second-order valence-corrected chi connectivity index (χ2v) is 5.58. The molecule has 0 bridgehead atoms. The predicted molar refractivity (Wildman–Crippen MR) is 94.0 cm³/mol. The normalized spacial score (nSPS) is 11.0. The third kappa shape index (κ3) is 2.90. The van der Waals surface area contributed by atoms with Crippen LogP contribution in [0.25, 0.3) is 22.6 Å². The fourth-order valence-corrected chi connectivity index (χ4v) is 2.73. The lowest BCUT2D eigenvalue weighted by molar-refractivity contribution is -0.384. The molecule has 2 N–H and O–H groups in total. The minimum atomic E-state index is -0.475. The van der Waals surface area contributed by atoms with Crippen LogP contribution in [0.3, 0.4) is 0 Å². The molecule has 0 radical (unpaired) electrons. The van der Waals surface area contributed by atoms with Crippen LogP contribution in [-0.4, -0.2) is 37.0 Å². The quantitative estimate of drug-likeness (QED) is 0.413. The maximum absolute atomic E-state index is 11.1. The van der Waals surface area contributed by atoms with Gasteiger partial charge >= 0.3 is 0 Å². The van der Waals surface area contributed by atoms with Gasteiger partial charge in [-0.1, -0.05) is 5.21 Å². The summed E-state index contributed by atoms with van der Waals surface area (Å²) in [5.41, 5.74) is 7.52. The Hall–Kier alpha value is -4.02. The standard InChI is InChI=1S/C16H13N7O4/c1-26-11-5-4-10(23(24)25)7-9(11)8-22-15-14(20-21-22)13(18-16(17)19-15)12-3-2-6-27-12/h2-7H,8H2,1H3,(H2,17,18,19). The van der Waals surface area contributed by atoms with Crippen LogP contribution in [0.2, 0.25) is 0 Å². The fraction of sp³-hybridized carbons (Fsp3) is 0.125. The van der Waals surface area contributed by atoms with Crippen molar-refractivity contribution in [3.63, 3.8) is 0 Å². The van der Waals surface area contributed by atoms with Crippen molar-refractivity contribution in [2.45, 2.75) is 6.54 Å². The number of hydrogen-bond donors (Lipinski definition) is 1. The molecule has 0 fully saturated rings. The van der Waals surface area contributed by atoms with Gasteiger partial charge in [-0.15, -0.1) is 5.10 Å². The van der Waals surface area contributed by atoms with E-state index in [4.69, 9.17) is 14.9 Å². The van der Waals surface area contributed by atoms with E-state index in [1.165, 1.54) is 36.3 Å². The van der Waals surface area contributed by atoms with Gasteiger partial charge in [0, 0.05) is 17.7 Å². The molecule has 1 aromatic carbocycles. The molecule has 4 rings (SSSR count). The number of fused-ring (bicyclic) bond motifs is 1. The number of nitrogen functional groups attached to an aromatic ring is 1. The van der Waals surface area contributed by atoms with Gasteiger partial charge in [0.2, 0.25) is 5.95 Å². The van der Waals surface area contributed by atoms with Crippen LogP contribution >= 0.6 is 0 Å². The molecule has 136 valence electrons. The number of aromatic nitrogens is 5. The molecule has 3 heterocycles. The van der Waals surface area contributed by atoms with Crippen LogP contribution < -0.4 is 10.5 Å². The van der Waals surface area contributed by atoms with Crippen molar-refractivity contribution >= 4 is 22.8 Å². The number of benzene rings is 1. The SMILES string of the molecule is COc1ccc([N+](=O)[O-])cc1Cn1nnc2c(-c3ccco3)nc(N)nc21. The maximum Gasteiger partial charge on any atom is 0.270 e. The summed E-state index contributed by atoms with van der Waals surface area (Å²) in [4.78, 5) is 19.0. The summed E-state index contributed by atoms with van der Waals surface area (Å²) in [7, 11) is 1.49. The molecular formula is C16H13N7O4. The predicted octanol–water partition coefficient (Wildman–Crippen LogP) is 2.03. The number of hydrogen-bond acceptors (Lipinski definition) is 9. The number of nitro benzene ring substituents is 1. The minimum Gasteiger partial charge on any atom is -0.496 e. The minimum absolute atomic E-state index is 0.0310. The van der Waals surface area contributed by atoms with Gasteiger partial charge in [-0.2, -0.15) is 4.98 Å². The first kappa shape index (κ1) is 16.4. The molecule has 0 amide bonds. The third-order valence-corrected chi connectivity index (χ3v) is 3.93. The van der Waals surface area contributed by atoms with Gasteiger partial charge in [0.05, 0.1) is 24.8 Å². The topological polar surface area (TPSA) is 148 Å². The molecule has 4 aromatic rings. The number of non-ortho nitro benzene ring substituents is 1. The van der Waals surface area contributed by atoms with Crippen molar-refractivity contribution in [1.29, 1.82) is 0 Å². The molecule has 0 spiro atoms. The van der Waals surface area contributed by atoms with Crippen molar-refractivity contribution in [2.24, 2.45) is 0 Å². The largest absolute Gasteiger partial charge is 0.496 e. The number of rotatable bonds is 5. The van der Waals surface area contributed by atoms with Crippen LogP contribution in [0, 0.1) is 10.1 Å². The zero-order chi connectivity index (χ0) is 19.0. The monoisotopic (exact) mass is 367 g/mol. The van der Waals surface area contributed by atoms with Crippen LogP contribution in [0.5, 0.6) is 5.75 Å². The van der Waals surface area contributed by atoms with Gasteiger partial charge in [-0.3, -0.25) is 10.1 Å². The van der Waals surface area contributed by atoms with E-state index in [1.54, 1.807) is 12.1 Å². The second kappa shape index (κ2) is 6.37. The Kier molecular flexibility index (Phi) is 3.88. The van der Waals surface area contributed by atoms with E-state index in [-0.39, 0.29) is 18.2 Å². The van der Waals surface area contributed by atoms with Crippen molar-refractivity contribution in [3.8, 4) is 17.2 Å². The van der Waals surface area contributed by atoms with E-state index in [9.17, 15) is 10.1 Å². The first-order valence-corrected chi connectivity index (χ1v) is 7.78. The summed E-state index contributed by atoms with van der Waals surface area (Å²) >= 11 is 0. The average molecular weight is 367 g/mol. The molecule has 11 heteroatoms. The van der Waals surface area contributed by atoms with Gasteiger partial charge < -0.3 is 14.9 Å². The number of nitrogens with zero attached hydrogens (tertiary/aromatic N) is 6. The highest BCUT2D eigenvalue weighted by Crippen LogP contribution is 2.28. The fourth-order valence-electron chi connectivity index (χ4n) is 2.73. The molecule has 27 heavy (non-hydrogen) atoms. The van der Waals surface area contributed by atoms with Crippen LogP contribution in [0.15, 0.2) is 41.0 Å². The summed E-state index contributed by atoms with van der Waals surface area (Å²) in [6.45, 7) is 0.148. The highest BCUT2D eigenvalue weighted by atomic mass is 16.6. The van der Waals surface area contributed by atoms with Crippen molar-refractivity contribution in [2.75, 3.05) is 12.8 Å². The van der Waals surface area contributed by atoms with Crippen molar-refractivity contribution in [3.05, 3.63) is 52.3 Å². The van der Waals surface area contributed by atoms with Gasteiger partial charge in [-0.05, 0) is 18.2 Å². The van der Waals surface area contributed by atoms with E-state index >= 15 is 0 Å². The molecule has 0 aliphatic carbocycles. The van der Waals surface area contributed by atoms with Crippen LogP contribution in [0.1, 0.15) is 5.56 Å². The molecule has 0 unspecified atom stereocenters. The Morgan fingerprint density at radius 3 is 2.89 bits per heavy atom. The first-order valence-electron chi connectivity index (χ1n) is 7.78. The van der Waals surface area contributed by atoms with Crippen LogP contribution in [0.4, 0.5) is 11.6 Å². The Labute approximate surface area is 151 Å². The zero-order valence-electron chi connectivity index (χ0n) is 14.1. The second-order valence-electron chi connectivity index (χ2n) is 5.58. The van der Waals surface area contributed by atoms with Gasteiger partial charge in [0.1, 0.15) is 11.4 Å². The van der Waals surface area contributed by atoms with E-state index < -0.39 is 4.92 Å². The Bertz CT molecular complexity index is 1140. The number of nitrogens with two attached hydrogens (primary N) is 1. The molecule has 0 saturated heterocycles. The van der Waals surface area contributed by atoms with E-state index in [0.717, 1.165) is 0 Å². The molecular weight excluding hydrogens is 354 g/mol. The highest BCUT2D eigenvalue weighted by molar-refractivity contribution is 5.85. The molecule has 3 aromatic heterocycles. The van der Waals surface area contributed by atoms with E-state index in [1.807, 2.05) is 0 Å². The molecule has 0 aliphatic heterocycles. The average Bonchev–Trinajstić information content (AvgIpc) is 3.31. The Morgan fingerprint density at radius 2 is 2.19 bits per heavy atom. The maximum atomic E-state index is 11.1. The molecule has 0 atom stereocenters. The summed E-state index contributed by atoms with van der Waals surface area (Å²) < 4.78 is 12.1. The lowest BCUT2D eigenvalue weighted by Gasteiger charge is -2.08.